The number of aliphatic hydroxyl groups excluding tert-OH is 2. The Bertz CT molecular complexity index is 615. The normalized spacial score (nSPS) is 57.5. The lowest BCUT2D eigenvalue weighted by Crippen LogP contribution is -2.66. The Kier molecular flexibility index (Phi) is 3.82. The minimum absolute atomic E-state index is 0.0439. The van der Waals surface area contributed by atoms with Gasteiger partial charge < -0.3 is 15.3 Å². The molecule has 3 saturated carbocycles. The van der Waals surface area contributed by atoms with Crippen LogP contribution in [0.5, 0.6) is 0 Å². The van der Waals surface area contributed by atoms with E-state index < -0.39 is 23.2 Å². The van der Waals surface area contributed by atoms with Gasteiger partial charge in [-0.05, 0) is 55.8 Å². The highest BCUT2D eigenvalue weighted by molar-refractivity contribution is 5.79. The highest BCUT2D eigenvalue weighted by Crippen LogP contribution is 2.66. The molecule has 0 amide bonds. The predicted octanol–water partition coefficient (Wildman–Crippen LogP) is 2.46. The monoisotopic (exact) mass is 348 g/mol. The summed E-state index contributed by atoms with van der Waals surface area (Å²) in [6.07, 6.45) is 7.25. The standard InChI is InChI=1S/C21H32O4/c1-12(22)15-4-5-16-14-6-9-21(25)11-13(23)10-18(24)20(21,3)17(14)7-8-19(15,16)2/h6,9,13-18,23-25H,4-5,7-8,10-11H2,1-3H3/t13?,14-,15+,16-,17-,18?,19+,20-,21?/m0/s1. The van der Waals surface area contributed by atoms with Crippen LogP contribution in [0.1, 0.15) is 59.3 Å². The molecule has 3 unspecified atom stereocenters. The molecule has 4 heteroatoms. The van der Waals surface area contributed by atoms with E-state index in [1.807, 2.05) is 13.0 Å². The number of carbonyl (C=O) groups is 1. The van der Waals surface area contributed by atoms with Crippen LogP contribution < -0.4 is 0 Å². The van der Waals surface area contributed by atoms with Gasteiger partial charge in [0.1, 0.15) is 5.78 Å². The van der Waals surface area contributed by atoms with Crippen LogP contribution in [0.4, 0.5) is 0 Å². The molecule has 0 saturated heterocycles. The zero-order valence-corrected chi connectivity index (χ0v) is 15.6. The van der Waals surface area contributed by atoms with Gasteiger partial charge in [-0.1, -0.05) is 26.0 Å². The van der Waals surface area contributed by atoms with E-state index >= 15 is 0 Å². The van der Waals surface area contributed by atoms with E-state index in [9.17, 15) is 20.1 Å². The first kappa shape index (κ1) is 17.7. The van der Waals surface area contributed by atoms with Crippen molar-refractivity contribution in [2.75, 3.05) is 0 Å². The summed E-state index contributed by atoms with van der Waals surface area (Å²) >= 11 is 0. The molecular formula is C21H32O4. The smallest absolute Gasteiger partial charge is 0.133 e. The van der Waals surface area contributed by atoms with E-state index in [2.05, 4.69) is 13.0 Å². The van der Waals surface area contributed by atoms with Crippen LogP contribution in [0, 0.1) is 34.5 Å². The Morgan fingerprint density at radius 2 is 1.84 bits per heavy atom. The van der Waals surface area contributed by atoms with Crippen LogP contribution in [-0.2, 0) is 4.79 Å². The van der Waals surface area contributed by atoms with E-state index in [0.29, 0.717) is 30.5 Å². The van der Waals surface area contributed by atoms with Crippen LogP contribution in [0.15, 0.2) is 12.2 Å². The molecule has 0 aromatic rings. The number of hydrogen-bond donors (Lipinski definition) is 3. The molecule has 0 aliphatic heterocycles. The van der Waals surface area contributed by atoms with Gasteiger partial charge in [-0.3, -0.25) is 4.79 Å². The summed E-state index contributed by atoms with van der Waals surface area (Å²) in [6.45, 7) is 6.03. The molecule has 0 heterocycles. The number of hydrogen-bond acceptors (Lipinski definition) is 4. The number of fused-ring (bicyclic) bond motifs is 5. The second-order valence-corrected chi connectivity index (χ2v) is 9.75. The van der Waals surface area contributed by atoms with E-state index in [0.717, 1.165) is 25.7 Å². The van der Waals surface area contributed by atoms with Crippen molar-refractivity contribution in [2.45, 2.75) is 77.1 Å². The lowest BCUT2D eigenvalue weighted by molar-refractivity contribution is -0.216. The van der Waals surface area contributed by atoms with Gasteiger partial charge in [-0.25, -0.2) is 0 Å². The maximum absolute atomic E-state index is 12.2. The SMILES string of the molecule is CC(=O)[C@H]1CC[C@H]2[C@@H]3C=CC4(O)CC(O)CC(O)[C@]4(C)[C@H]3CC[C@]12C. The van der Waals surface area contributed by atoms with Gasteiger partial charge in [-0.2, -0.15) is 0 Å². The predicted molar refractivity (Wildman–Crippen MR) is 94.7 cm³/mol. The van der Waals surface area contributed by atoms with Crippen LogP contribution >= 0.6 is 0 Å². The largest absolute Gasteiger partial charge is 0.393 e. The number of aliphatic hydroxyl groups is 3. The lowest BCUT2D eigenvalue weighted by Gasteiger charge is -2.62. The topological polar surface area (TPSA) is 77.8 Å². The van der Waals surface area contributed by atoms with Crippen molar-refractivity contribution in [3.05, 3.63) is 12.2 Å². The van der Waals surface area contributed by atoms with Gasteiger partial charge in [0.15, 0.2) is 0 Å². The molecule has 4 aliphatic rings. The third-order valence-electron chi connectivity index (χ3n) is 8.86. The first-order valence-electron chi connectivity index (χ1n) is 9.92. The highest BCUT2D eigenvalue weighted by Gasteiger charge is 2.65. The van der Waals surface area contributed by atoms with Crippen molar-refractivity contribution in [2.24, 2.45) is 34.5 Å². The van der Waals surface area contributed by atoms with Gasteiger partial charge in [0, 0.05) is 24.2 Å². The summed E-state index contributed by atoms with van der Waals surface area (Å²) in [5.41, 5.74) is -1.72. The van der Waals surface area contributed by atoms with Crippen molar-refractivity contribution in [3.8, 4) is 0 Å². The lowest BCUT2D eigenvalue weighted by atomic mass is 9.44. The Balaban J connectivity index is 1.74. The Hall–Kier alpha value is -0.710. The molecule has 25 heavy (non-hydrogen) atoms. The van der Waals surface area contributed by atoms with Crippen LogP contribution in [0.2, 0.25) is 0 Å². The van der Waals surface area contributed by atoms with Gasteiger partial charge in [-0.15, -0.1) is 0 Å². The van der Waals surface area contributed by atoms with Crippen LogP contribution in [0.25, 0.3) is 0 Å². The van der Waals surface area contributed by atoms with Crippen molar-refractivity contribution < 1.29 is 20.1 Å². The quantitative estimate of drug-likeness (QED) is 0.636. The number of carbonyl (C=O) groups excluding carboxylic acids is 1. The maximum Gasteiger partial charge on any atom is 0.133 e. The van der Waals surface area contributed by atoms with Crippen molar-refractivity contribution >= 4 is 5.78 Å². The molecule has 0 aromatic carbocycles. The fraction of sp³-hybridized carbons (Fsp3) is 0.857. The summed E-state index contributed by atoms with van der Waals surface area (Å²) in [7, 11) is 0. The second kappa shape index (κ2) is 5.40. The van der Waals surface area contributed by atoms with Gasteiger partial charge in [0.2, 0.25) is 0 Å². The number of rotatable bonds is 1. The molecule has 3 N–H and O–H groups in total. The molecule has 3 fully saturated rings. The van der Waals surface area contributed by atoms with Crippen molar-refractivity contribution in [1.29, 1.82) is 0 Å². The zero-order valence-electron chi connectivity index (χ0n) is 15.6. The zero-order chi connectivity index (χ0) is 18.2. The summed E-state index contributed by atoms with van der Waals surface area (Å²) < 4.78 is 0. The third-order valence-corrected chi connectivity index (χ3v) is 8.86. The number of ketones is 1. The molecule has 0 bridgehead atoms. The summed E-state index contributed by atoms with van der Waals surface area (Å²) in [4.78, 5) is 12.2. The molecular weight excluding hydrogens is 316 g/mol. The average Bonchev–Trinajstić information content (AvgIpc) is 2.87. The van der Waals surface area contributed by atoms with Crippen LogP contribution in [-0.4, -0.2) is 38.9 Å². The minimum Gasteiger partial charge on any atom is -0.393 e. The number of Topliss-reactive ketones (excluding diaryl/α,β-unsaturated/α-hetero) is 1. The van der Waals surface area contributed by atoms with Crippen LogP contribution in [0.3, 0.4) is 0 Å². The summed E-state index contributed by atoms with van der Waals surface area (Å²) in [6, 6.07) is 0. The first-order valence-corrected chi connectivity index (χ1v) is 9.92. The second-order valence-electron chi connectivity index (χ2n) is 9.75. The molecule has 0 radical (unpaired) electrons. The highest BCUT2D eigenvalue weighted by atomic mass is 16.3. The molecule has 4 rings (SSSR count). The van der Waals surface area contributed by atoms with E-state index in [1.54, 1.807) is 6.92 Å². The Labute approximate surface area is 150 Å². The maximum atomic E-state index is 12.2. The molecule has 9 atom stereocenters. The first-order chi connectivity index (χ1) is 11.6. The molecule has 4 nitrogen and oxygen atoms in total. The average molecular weight is 348 g/mol. The third kappa shape index (κ3) is 2.14. The molecule has 140 valence electrons. The summed E-state index contributed by atoms with van der Waals surface area (Å²) in [5.74, 6) is 1.41. The van der Waals surface area contributed by atoms with Crippen molar-refractivity contribution in [3.63, 3.8) is 0 Å². The van der Waals surface area contributed by atoms with E-state index in [-0.39, 0.29) is 17.3 Å². The fourth-order valence-electron chi connectivity index (χ4n) is 7.37. The van der Waals surface area contributed by atoms with Crippen molar-refractivity contribution in [1.82, 2.24) is 0 Å². The molecule has 0 spiro atoms. The fourth-order valence-corrected chi connectivity index (χ4v) is 7.37. The van der Waals surface area contributed by atoms with E-state index in [1.165, 1.54) is 0 Å². The van der Waals surface area contributed by atoms with Gasteiger partial charge >= 0.3 is 0 Å². The molecule has 4 aliphatic carbocycles. The van der Waals surface area contributed by atoms with E-state index in [4.69, 9.17) is 0 Å². The van der Waals surface area contributed by atoms with Gasteiger partial charge in [0.25, 0.3) is 0 Å². The Morgan fingerprint density at radius 3 is 2.52 bits per heavy atom. The van der Waals surface area contributed by atoms with Gasteiger partial charge in [0.05, 0.1) is 17.8 Å². The minimum atomic E-state index is -1.14. The Morgan fingerprint density at radius 1 is 1.12 bits per heavy atom. The summed E-state index contributed by atoms with van der Waals surface area (Å²) in [5, 5.41) is 32.3. The number of allylic oxidation sites excluding steroid dienone is 1. The molecule has 0 aromatic heterocycles.